The van der Waals surface area contributed by atoms with Crippen LogP contribution in [0.15, 0.2) is 36.4 Å². The van der Waals surface area contributed by atoms with Crippen LogP contribution in [0.2, 0.25) is 0 Å². The lowest BCUT2D eigenvalue weighted by Gasteiger charge is -2.18. The number of hydrogen-bond acceptors (Lipinski definition) is 5. The summed E-state index contributed by atoms with van der Waals surface area (Å²) in [5.41, 5.74) is 0.197. The maximum absolute atomic E-state index is 12.5. The van der Waals surface area contributed by atoms with Crippen molar-refractivity contribution in [2.75, 3.05) is 4.90 Å². The fraction of sp³-hybridized carbons (Fsp3) is 0.267. The number of carbonyl (C=O) groups excluding carboxylic acids is 3. The molecule has 0 radical (unpaired) electrons. The van der Waals surface area contributed by atoms with E-state index in [9.17, 15) is 19.5 Å². The number of carboxylic acids is 1. The van der Waals surface area contributed by atoms with E-state index < -0.39 is 17.8 Å². The smallest absolute Gasteiger partial charge is 0.240 e. The van der Waals surface area contributed by atoms with Crippen LogP contribution in [-0.4, -0.2) is 30.0 Å². The van der Waals surface area contributed by atoms with Crippen LogP contribution >= 0.6 is 0 Å². The molecule has 0 saturated carbocycles. The number of hydrogen-bond donors (Lipinski definition) is 0. The first-order valence-corrected chi connectivity index (χ1v) is 6.61. The van der Waals surface area contributed by atoms with Crippen LogP contribution in [0.5, 0.6) is 0 Å². The van der Waals surface area contributed by atoms with Crippen molar-refractivity contribution < 1.29 is 24.2 Å². The molecule has 21 heavy (non-hydrogen) atoms. The van der Waals surface area contributed by atoms with Gasteiger partial charge in [-0.15, -0.1) is 0 Å². The lowest BCUT2D eigenvalue weighted by molar-refractivity contribution is -0.255. The van der Waals surface area contributed by atoms with Crippen molar-refractivity contribution in [3.05, 3.63) is 42.0 Å². The number of aromatic carboxylic acids is 1. The van der Waals surface area contributed by atoms with Gasteiger partial charge in [-0.2, -0.15) is 0 Å². The topological polar surface area (TPSA) is 86.7 Å². The number of rotatable bonds is 2. The normalized spacial score (nSPS) is 32.9. The Labute approximate surface area is 119 Å². The summed E-state index contributed by atoms with van der Waals surface area (Å²) < 4.78 is 5.54. The van der Waals surface area contributed by atoms with Crippen molar-refractivity contribution in [3.63, 3.8) is 0 Å². The van der Waals surface area contributed by atoms with Gasteiger partial charge in [0.25, 0.3) is 0 Å². The number of anilines is 1. The van der Waals surface area contributed by atoms with E-state index in [2.05, 4.69) is 0 Å². The summed E-state index contributed by atoms with van der Waals surface area (Å²) in [5, 5.41) is 10.9. The number of benzene rings is 1. The first-order chi connectivity index (χ1) is 10.1. The maximum Gasteiger partial charge on any atom is 0.240 e. The van der Waals surface area contributed by atoms with E-state index >= 15 is 0 Å². The summed E-state index contributed by atoms with van der Waals surface area (Å²) in [6.07, 6.45) is 2.90. The van der Waals surface area contributed by atoms with E-state index in [0.717, 1.165) is 4.90 Å². The van der Waals surface area contributed by atoms with Crippen LogP contribution in [0, 0.1) is 11.8 Å². The third-order valence-electron chi connectivity index (χ3n) is 4.25. The van der Waals surface area contributed by atoms with E-state index in [1.54, 1.807) is 18.2 Å². The summed E-state index contributed by atoms with van der Waals surface area (Å²) in [7, 11) is 0. The van der Waals surface area contributed by atoms with Crippen molar-refractivity contribution in [2.45, 2.75) is 12.2 Å². The SMILES string of the molecule is O=C([O-])c1cccc(N2C(=O)[C@@H]3[C@H](C2=O)[C@H]2C=C[C@@H]3O2)c1. The molecule has 106 valence electrons. The molecule has 2 saturated heterocycles. The highest BCUT2D eigenvalue weighted by atomic mass is 16.5. The molecule has 4 rings (SSSR count). The number of nitrogens with zero attached hydrogens (tertiary/aromatic N) is 1. The van der Waals surface area contributed by atoms with Gasteiger partial charge >= 0.3 is 0 Å². The van der Waals surface area contributed by atoms with Crippen LogP contribution in [0.25, 0.3) is 0 Å². The Morgan fingerprint density at radius 1 is 1.10 bits per heavy atom. The van der Waals surface area contributed by atoms with Gasteiger partial charge in [-0.3, -0.25) is 9.59 Å². The highest BCUT2D eigenvalue weighted by Gasteiger charge is 2.60. The standard InChI is InChI=1S/C15H11NO5/c17-13-11-9-4-5-10(21-9)12(11)14(18)16(13)8-3-1-2-7(6-8)15(19)20/h1-6,9-12H,(H,19,20)/p-1/t9-,10+,11-,12+. The van der Waals surface area contributed by atoms with Gasteiger partial charge in [0.05, 0.1) is 35.7 Å². The molecule has 3 heterocycles. The molecule has 2 fully saturated rings. The number of ether oxygens (including phenoxy) is 1. The Morgan fingerprint density at radius 2 is 1.71 bits per heavy atom. The minimum absolute atomic E-state index is 0.0671. The zero-order valence-electron chi connectivity index (χ0n) is 10.8. The zero-order chi connectivity index (χ0) is 14.7. The molecular weight excluding hydrogens is 274 g/mol. The molecule has 1 aromatic rings. The van der Waals surface area contributed by atoms with E-state index in [1.807, 2.05) is 0 Å². The Balaban J connectivity index is 1.74. The molecule has 0 N–H and O–H groups in total. The fourth-order valence-electron chi connectivity index (χ4n) is 3.33. The predicted molar refractivity (Wildman–Crippen MR) is 68.0 cm³/mol. The summed E-state index contributed by atoms with van der Waals surface area (Å²) in [5.74, 6) is -3.02. The molecule has 3 aliphatic rings. The van der Waals surface area contributed by atoms with Crippen LogP contribution in [0.1, 0.15) is 10.4 Å². The van der Waals surface area contributed by atoms with Gasteiger partial charge in [0.2, 0.25) is 11.8 Å². The highest BCUT2D eigenvalue weighted by Crippen LogP contribution is 2.46. The molecule has 6 heteroatoms. The number of fused-ring (bicyclic) bond motifs is 5. The number of carbonyl (C=O) groups is 3. The maximum atomic E-state index is 12.5. The molecule has 4 atom stereocenters. The second kappa shape index (κ2) is 4.02. The molecule has 0 aromatic heterocycles. The van der Waals surface area contributed by atoms with Crippen molar-refractivity contribution in [2.24, 2.45) is 11.8 Å². The van der Waals surface area contributed by atoms with Crippen LogP contribution in [-0.2, 0) is 14.3 Å². The number of imide groups is 1. The fourth-order valence-corrected chi connectivity index (χ4v) is 3.33. The number of carboxylic acid groups (broad SMARTS) is 1. The third-order valence-corrected chi connectivity index (χ3v) is 4.25. The first-order valence-electron chi connectivity index (χ1n) is 6.61. The summed E-state index contributed by atoms with van der Waals surface area (Å²) in [6, 6.07) is 5.67. The molecular formula is C15H10NO5-. The van der Waals surface area contributed by atoms with Gasteiger partial charge in [-0.1, -0.05) is 24.3 Å². The van der Waals surface area contributed by atoms with Crippen LogP contribution < -0.4 is 10.0 Å². The molecule has 2 amide bonds. The minimum atomic E-state index is -1.35. The molecule has 1 aromatic carbocycles. The van der Waals surface area contributed by atoms with E-state index in [1.165, 1.54) is 18.2 Å². The molecule has 3 aliphatic heterocycles. The van der Waals surface area contributed by atoms with Crippen LogP contribution in [0.3, 0.4) is 0 Å². The van der Waals surface area contributed by atoms with Gasteiger partial charge in [0.15, 0.2) is 0 Å². The van der Waals surface area contributed by atoms with E-state index in [-0.39, 0.29) is 35.3 Å². The van der Waals surface area contributed by atoms with Gasteiger partial charge < -0.3 is 14.6 Å². The molecule has 6 nitrogen and oxygen atoms in total. The zero-order valence-corrected chi connectivity index (χ0v) is 10.8. The quantitative estimate of drug-likeness (QED) is 0.539. The van der Waals surface area contributed by atoms with Crippen LogP contribution in [0.4, 0.5) is 5.69 Å². The Bertz CT molecular complexity index is 680. The van der Waals surface area contributed by atoms with Crippen molar-refractivity contribution in [1.29, 1.82) is 0 Å². The largest absolute Gasteiger partial charge is 0.545 e. The summed E-state index contributed by atoms with van der Waals surface area (Å²) in [6.45, 7) is 0. The molecule has 0 unspecified atom stereocenters. The van der Waals surface area contributed by atoms with E-state index in [0.29, 0.717) is 0 Å². The van der Waals surface area contributed by atoms with E-state index in [4.69, 9.17) is 4.74 Å². The minimum Gasteiger partial charge on any atom is -0.545 e. The van der Waals surface area contributed by atoms with Crippen molar-refractivity contribution in [3.8, 4) is 0 Å². The van der Waals surface area contributed by atoms with Gasteiger partial charge in [-0.25, -0.2) is 4.90 Å². The molecule has 0 aliphatic carbocycles. The average Bonchev–Trinajstić information content (AvgIpc) is 3.13. The van der Waals surface area contributed by atoms with Gasteiger partial charge in [-0.05, 0) is 17.7 Å². The second-order valence-electron chi connectivity index (χ2n) is 5.35. The predicted octanol–water partition coefficient (Wildman–Crippen LogP) is -0.507. The lowest BCUT2D eigenvalue weighted by atomic mass is 9.85. The number of amides is 2. The van der Waals surface area contributed by atoms with Crippen molar-refractivity contribution in [1.82, 2.24) is 0 Å². The summed E-state index contributed by atoms with van der Waals surface area (Å²) >= 11 is 0. The summed E-state index contributed by atoms with van der Waals surface area (Å²) in [4.78, 5) is 37.0. The Kier molecular flexibility index (Phi) is 2.35. The Hall–Kier alpha value is -2.47. The van der Waals surface area contributed by atoms with Crippen molar-refractivity contribution >= 4 is 23.5 Å². The molecule has 2 bridgehead atoms. The average molecular weight is 284 g/mol. The monoisotopic (exact) mass is 284 g/mol. The third kappa shape index (κ3) is 1.53. The second-order valence-corrected chi connectivity index (χ2v) is 5.35. The van der Waals surface area contributed by atoms with Gasteiger partial charge in [0, 0.05) is 0 Å². The molecule has 0 spiro atoms. The lowest BCUT2D eigenvalue weighted by Crippen LogP contribution is -2.34. The highest BCUT2D eigenvalue weighted by molar-refractivity contribution is 6.23. The Morgan fingerprint density at radius 3 is 2.29 bits per heavy atom. The first kappa shape index (κ1) is 12.3. The van der Waals surface area contributed by atoms with Gasteiger partial charge in [0.1, 0.15) is 0 Å².